The van der Waals surface area contributed by atoms with Gasteiger partial charge in [0.15, 0.2) is 0 Å². The molecule has 16 heavy (non-hydrogen) atoms. The van der Waals surface area contributed by atoms with Gasteiger partial charge in [-0.3, -0.25) is 4.68 Å². The molecule has 1 N–H and O–H groups in total. The fraction of sp³-hybridized carbons (Fsp3) is 0.364. The van der Waals surface area contributed by atoms with Gasteiger partial charge in [-0.2, -0.15) is 5.10 Å². The van der Waals surface area contributed by atoms with E-state index in [9.17, 15) is 0 Å². The van der Waals surface area contributed by atoms with Gasteiger partial charge in [-0.1, -0.05) is 0 Å². The summed E-state index contributed by atoms with van der Waals surface area (Å²) in [5.74, 6) is 0. The van der Waals surface area contributed by atoms with E-state index in [0.717, 1.165) is 19.5 Å². The molecule has 0 aliphatic heterocycles. The summed E-state index contributed by atoms with van der Waals surface area (Å²) in [6.07, 6.45) is 2.85. The van der Waals surface area contributed by atoms with E-state index >= 15 is 0 Å². The maximum absolute atomic E-state index is 4.14. The van der Waals surface area contributed by atoms with Crippen LogP contribution in [0.25, 0.3) is 0 Å². The van der Waals surface area contributed by atoms with Crippen molar-refractivity contribution in [3.05, 3.63) is 38.8 Å². The van der Waals surface area contributed by atoms with Crippen LogP contribution in [-0.4, -0.2) is 16.3 Å². The van der Waals surface area contributed by atoms with Gasteiger partial charge in [0.2, 0.25) is 0 Å². The zero-order valence-corrected chi connectivity index (χ0v) is 11.5. The summed E-state index contributed by atoms with van der Waals surface area (Å²) < 4.78 is 3.12. The summed E-state index contributed by atoms with van der Waals surface area (Å²) in [6, 6.07) is 4.14. The van der Waals surface area contributed by atoms with Crippen molar-refractivity contribution < 1.29 is 0 Å². The summed E-state index contributed by atoms with van der Waals surface area (Å²) in [5.41, 5.74) is 1.26. The molecule has 0 bridgehead atoms. The fourth-order valence-electron chi connectivity index (χ4n) is 1.52. The minimum atomic E-state index is 0.927. The van der Waals surface area contributed by atoms with Crippen molar-refractivity contribution in [2.75, 3.05) is 6.54 Å². The summed E-state index contributed by atoms with van der Waals surface area (Å²) in [5, 5.41) is 9.68. The Hall–Kier alpha value is -0.650. The topological polar surface area (TPSA) is 29.9 Å². The minimum absolute atomic E-state index is 0.927. The highest BCUT2D eigenvalue weighted by Gasteiger charge is 2.01. The van der Waals surface area contributed by atoms with E-state index in [1.807, 2.05) is 17.9 Å². The Morgan fingerprint density at radius 2 is 2.38 bits per heavy atom. The van der Waals surface area contributed by atoms with Crippen LogP contribution in [-0.2, 0) is 20.0 Å². The first-order valence-corrected chi connectivity index (χ1v) is 6.84. The van der Waals surface area contributed by atoms with E-state index in [2.05, 4.69) is 43.9 Å². The molecule has 0 saturated carbocycles. The third kappa shape index (κ3) is 2.93. The van der Waals surface area contributed by atoms with Gasteiger partial charge >= 0.3 is 0 Å². The van der Waals surface area contributed by atoms with Crippen LogP contribution in [0.1, 0.15) is 10.6 Å². The normalized spacial score (nSPS) is 10.9. The summed E-state index contributed by atoms with van der Waals surface area (Å²) in [4.78, 5) is 1.35. The Labute approximate surface area is 108 Å². The molecule has 0 radical (unpaired) electrons. The van der Waals surface area contributed by atoms with E-state index in [1.165, 1.54) is 15.0 Å². The Balaban J connectivity index is 1.74. The fourth-order valence-corrected chi connectivity index (χ4v) is 2.98. The van der Waals surface area contributed by atoms with Crippen LogP contribution in [0.3, 0.4) is 0 Å². The van der Waals surface area contributed by atoms with Crippen LogP contribution in [0, 0.1) is 0 Å². The maximum atomic E-state index is 4.14. The zero-order valence-electron chi connectivity index (χ0n) is 9.11. The largest absolute Gasteiger partial charge is 0.311 e. The molecule has 0 atom stereocenters. The molecular formula is C11H14BrN3S. The quantitative estimate of drug-likeness (QED) is 0.860. The number of hydrogen-bond acceptors (Lipinski definition) is 3. The maximum Gasteiger partial charge on any atom is 0.0492 e. The molecule has 0 fully saturated rings. The molecule has 0 aromatic carbocycles. The first kappa shape index (κ1) is 11.8. The standard InChI is InChI=1S/C11H14BrN3S/c1-15-9(3-6-14-15)2-5-13-8-11-10(12)4-7-16-11/h3-4,6-7,13H,2,5,8H2,1H3. The number of hydrogen-bond donors (Lipinski definition) is 1. The molecule has 0 unspecified atom stereocenters. The first-order valence-electron chi connectivity index (χ1n) is 5.17. The molecule has 0 aliphatic rings. The SMILES string of the molecule is Cn1nccc1CCNCc1sccc1Br. The molecule has 5 heteroatoms. The van der Waals surface area contributed by atoms with Crippen LogP contribution < -0.4 is 5.32 Å². The van der Waals surface area contributed by atoms with Crippen molar-refractivity contribution in [2.45, 2.75) is 13.0 Å². The second kappa shape index (κ2) is 5.61. The van der Waals surface area contributed by atoms with Gasteiger partial charge in [0.25, 0.3) is 0 Å². The molecule has 2 aromatic rings. The molecule has 2 heterocycles. The Morgan fingerprint density at radius 1 is 1.50 bits per heavy atom. The van der Waals surface area contributed by atoms with Crippen LogP contribution >= 0.6 is 27.3 Å². The van der Waals surface area contributed by atoms with Gasteiger partial charge in [-0.25, -0.2) is 0 Å². The van der Waals surface area contributed by atoms with E-state index in [4.69, 9.17) is 0 Å². The number of aromatic nitrogens is 2. The van der Waals surface area contributed by atoms with Crippen molar-refractivity contribution in [1.29, 1.82) is 0 Å². The lowest BCUT2D eigenvalue weighted by Crippen LogP contribution is -2.17. The van der Waals surface area contributed by atoms with Gasteiger partial charge < -0.3 is 5.32 Å². The summed E-state index contributed by atoms with van der Waals surface area (Å²) in [6.45, 7) is 1.90. The van der Waals surface area contributed by atoms with E-state index in [0.29, 0.717) is 0 Å². The van der Waals surface area contributed by atoms with E-state index in [1.54, 1.807) is 11.3 Å². The Bertz CT molecular complexity index is 407. The number of nitrogens with one attached hydrogen (secondary N) is 1. The van der Waals surface area contributed by atoms with Crippen molar-refractivity contribution in [3.63, 3.8) is 0 Å². The van der Waals surface area contributed by atoms with E-state index < -0.39 is 0 Å². The Morgan fingerprint density at radius 3 is 3.00 bits per heavy atom. The molecule has 0 aliphatic carbocycles. The smallest absolute Gasteiger partial charge is 0.0492 e. The van der Waals surface area contributed by atoms with Crippen molar-refractivity contribution in [3.8, 4) is 0 Å². The number of rotatable bonds is 5. The highest BCUT2D eigenvalue weighted by atomic mass is 79.9. The van der Waals surface area contributed by atoms with Crippen LogP contribution in [0.2, 0.25) is 0 Å². The molecule has 0 spiro atoms. The van der Waals surface area contributed by atoms with Crippen LogP contribution in [0.4, 0.5) is 0 Å². The number of nitrogens with zero attached hydrogens (tertiary/aromatic N) is 2. The average molecular weight is 300 g/mol. The highest BCUT2D eigenvalue weighted by molar-refractivity contribution is 9.10. The minimum Gasteiger partial charge on any atom is -0.311 e. The van der Waals surface area contributed by atoms with Crippen molar-refractivity contribution in [1.82, 2.24) is 15.1 Å². The van der Waals surface area contributed by atoms with Crippen LogP contribution in [0.15, 0.2) is 28.2 Å². The highest BCUT2D eigenvalue weighted by Crippen LogP contribution is 2.21. The Kier molecular flexibility index (Phi) is 4.15. The number of aryl methyl sites for hydroxylation is 1. The number of thiophene rings is 1. The molecule has 3 nitrogen and oxygen atoms in total. The second-order valence-electron chi connectivity index (χ2n) is 3.56. The van der Waals surface area contributed by atoms with E-state index in [-0.39, 0.29) is 0 Å². The number of halogens is 1. The predicted octanol–water partition coefficient (Wildman–Crippen LogP) is 2.58. The summed E-state index contributed by atoms with van der Waals surface area (Å²) >= 11 is 5.30. The van der Waals surface area contributed by atoms with Crippen LogP contribution in [0.5, 0.6) is 0 Å². The van der Waals surface area contributed by atoms with Gasteiger partial charge in [-0.05, 0) is 33.4 Å². The molecule has 2 aromatic heterocycles. The van der Waals surface area contributed by atoms with Crippen molar-refractivity contribution in [2.24, 2.45) is 7.05 Å². The molecule has 86 valence electrons. The lowest BCUT2D eigenvalue weighted by atomic mass is 10.3. The third-order valence-corrected chi connectivity index (χ3v) is 4.38. The predicted molar refractivity (Wildman–Crippen MR) is 70.6 cm³/mol. The van der Waals surface area contributed by atoms with Gasteiger partial charge in [0.1, 0.15) is 0 Å². The second-order valence-corrected chi connectivity index (χ2v) is 5.42. The monoisotopic (exact) mass is 299 g/mol. The molecule has 2 rings (SSSR count). The third-order valence-electron chi connectivity index (χ3n) is 2.46. The summed E-state index contributed by atoms with van der Waals surface area (Å²) in [7, 11) is 1.98. The molecular weight excluding hydrogens is 286 g/mol. The molecule has 0 amide bonds. The molecule has 0 saturated heterocycles. The lowest BCUT2D eigenvalue weighted by Gasteiger charge is -2.04. The average Bonchev–Trinajstić information content (AvgIpc) is 2.84. The van der Waals surface area contributed by atoms with Gasteiger partial charge in [0, 0.05) is 47.8 Å². The first-order chi connectivity index (χ1) is 7.77. The van der Waals surface area contributed by atoms with Gasteiger partial charge in [0.05, 0.1) is 0 Å². The van der Waals surface area contributed by atoms with Crippen molar-refractivity contribution >= 4 is 27.3 Å². The zero-order chi connectivity index (χ0) is 11.4. The van der Waals surface area contributed by atoms with Gasteiger partial charge in [-0.15, -0.1) is 11.3 Å². The lowest BCUT2D eigenvalue weighted by molar-refractivity contribution is 0.646.